The van der Waals surface area contributed by atoms with Crippen LogP contribution in [-0.2, 0) is 0 Å². The maximum atomic E-state index is 12.7. The third-order valence-electron chi connectivity index (χ3n) is 4.48. The van der Waals surface area contributed by atoms with Gasteiger partial charge in [0.15, 0.2) is 5.84 Å². The van der Waals surface area contributed by atoms with Crippen LogP contribution in [0.2, 0.25) is 0 Å². The number of aliphatic hydroxyl groups is 1. The monoisotopic (exact) mass is 289 g/mol. The van der Waals surface area contributed by atoms with Crippen LogP contribution < -0.4 is 5.73 Å². The van der Waals surface area contributed by atoms with E-state index in [1.165, 1.54) is 0 Å². The summed E-state index contributed by atoms with van der Waals surface area (Å²) in [6.45, 7) is 0. The smallest absolute Gasteiger partial charge is 0.254 e. The molecular weight excluding hydrogens is 270 g/mol. The van der Waals surface area contributed by atoms with Crippen molar-refractivity contribution in [1.29, 1.82) is 0 Å². The second-order valence-electron chi connectivity index (χ2n) is 5.79. The van der Waals surface area contributed by atoms with Gasteiger partial charge in [0.25, 0.3) is 5.91 Å². The number of hydrogen-bond donors (Lipinski definition) is 3. The van der Waals surface area contributed by atoms with Gasteiger partial charge in [-0.25, -0.2) is 0 Å². The quantitative estimate of drug-likeness (QED) is 0.326. The van der Waals surface area contributed by atoms with E-state index in [-0.39, 0.29) is 29.9 Å². The van der Waals surface area contributed by atoms with Crippen LogP contribution >= 0.6 is 0 Å². The number of fused-ring (bicyclic) bond motifs is 2. The topological polar surface area (TPSA) is 99.2 Å². The molecule has 21 heavy (non-hydrogen) atoms. The van der Waals surface area contributed by atoms with Gasteiger partial charge in [-0.2, -0.15) is 0 Å². The van der Waals surface area contributed by atoms with Gasteiger partial charge < -0.3 is 20.9 Å². The number of nitrogens with zero attached hydrogens (tertiary/aromatic N) is 2. The van der Waals surface area contributed by atoms with Crippen LogP contribution in [0.1, 0.15) is 41.6 Å². The van der Waals surface area contributed by atoms with Crippen molar-refractivity contribution in [2.24, 2.45) is 10.9 Å². The van der Waals surface area contributed by atoms with Crippen molar-refractivity contribution in [3.05, 3.63) is 35.4 Å². The van der Waals surface area contributed by atoms with E-state index >= 15 is 0 Å². The number of piperidine rings is 1. The Kier molecular flexibility index (Phi) is 3.55. The minimum absolute atomic E-state index is 0.000425. The summed E-state index contributed by atoms with van der Waals surface area (Å²) in [6, 6.07) is 7.02. The predicted octanol–water partition coefficient (Wildman–Crippen LogP) is 0.909. The zero-order valence-electron chi connectivity index (χ0n) is 11.6. The van der Waals surface area contributed by atoms with Crippen LogP contribution in [-0.4, -0.2) is 45.1 Å². The standard InChI is InChI=1S/C15H19N3O3/c16-14(17-21)9-1-3-10(4-2-9)15(20)18-11-5-6-12(18)8-13(19)7-11/h1-4,11-13,19,21H,5-8H2,(H2,16,17). The second kappa shape index (κ2) is 5.37. The highest BCUT2D eigenvalue weighted by atomic mass is 16.4. The first-order valence-corrected chi connectivity index (χ1v) is 7.19. The molecule has 6 heteroatoms. The highest BCUT2D eigenvalue weighted by molar-refractivity contribution is 5.99. The van der Waals surface area contributed by atoms with Crippen molar-refractivity contribution in [3.8, 4) is 0 Å². The molecule has 2 aliphatic heterocycles. The van der Waals surface area contributed by atoms with E-state index < -0.39 is 0 Å². The lowest BCUT2D eigenvalue weighted by Crippen LogP contribution is -2.48. The molecule has 112 valence electrons. The molecule has 1 aromatic carbocycles. The molecule has 4 N–H and O–H groups in total. The average Bonchev–Trinajstić information content (AvgIpc) is 2.77. The Labute approximate surface area is 122 Å². The van der Waals surface area contributed by atoms with E-state index in [9.17, 15) is 9.90 Å². The predicted molar refractivity (Wildman–Crippen MR) is 77.2 cm³/mol. The Morgan fingerprint density at radius 3 is 2.19 bits per heavy atom. The van der Waals surface area contributed by atoms with E-state index in [4.69, 9.17) is 10.9 Å². The molecule has 0 aliphatic carbocycles. The Hall–Kier alpha value is -2.08. The second-order valence-corrected chi connectivity index (χ2v) is 5.79. The zero-order chi connectivity index (χ0) is 15.0. The van der Waals surface area contributed by atoms with Gasteiger partial charge in [0.05, 0.1) is 6.10 Å². The maximum Gasteiger partial charge on any atom is 0.254 e. The van der Waals surface area contributed by atoms with Crippen molar-refractivity contribution < 1.29 is 15.1 Å². The van der Waals surface area contributed by atoms with Crippen LogP contribution in [0.4, 0.5) is 0 Å². The van der Waals surface area contributed by atoms with Crippen LogP contribution in [0.25, 0.3) is 0 Å². The van der Waals surface area contributed by atoms with Crippen molar-refractivity contribution in [2.75, 3.05) is 0 Å². The van der Waals surface area contributed by atoms with Crippen molar-refractivity contribution in [1.82, 2.24) is 4.90 Å². The fourth-order valence-corrected chi connectivity index (χ4v) is 3.47. The summed E-state index contributed by atoms with van der Waals surface area (Å²) in [5, 5.41) is 21.4. The van der Waals surface area contributed by atoms with E-state index in [0.29, 0.717) is 24.0 Å². The van der Waals surface area contributed by atoms with E-state index in [0.717, 1.165) is 12.8 Å². The van der Waals surface area contributed by atoms with E-state index in [1.807, 2.05) is 4.90 Å². The minimum Gasteiger partial charge on any atom is -0.409 e. The summed E-state index contributed by atoms with van der Waals surface area (Å²) in [4.78, 5) is 14.6. The molecule has 2 atom stereocenters. The number of nitrogens with two attached hydrogens (primary N) is 1. The fourth-order valence-electron chi connectivity index (χ4n) is 3.47. The van der Waals surface area contributed by atoms with Crippen LogP contribution in [0, 0.1) is 0 Å². The van der Waals surface area contributed by atoms with Gasteiger partial charge in [-0.1, -0.05) is 17.3 Å². The lowest BCUT2D eigenvalue weighted by Gasteiger charge is -2.37. The molecular formula is C15H19N3O3. The Balaban J connectivity index is 1.80. The molecule has 2 aliphatic rings. The first kappa shape index (κ1) is 13.9. The highest BCUT2D eigenvalue weighted by Crippen LogP contribution is 2.36. The molecule has 1 amide bonds. The van der Waals surface area contributed by atoms with Crippen LogP contribution in [0.3, 0.4) is 0 Å². The Morgan fingerprint density at radius 1 is 1.14 bits per heavy atom. The van der Waals surface area contributed by atoms with Gasteiger partial charge in [-0.3, -0.25) is 4.79 Å². The van der Waals surface area contributed by atoms with Gasteiger partial charge in [0.2, 0.25) is 0 Å². The van der Waals surface area contributed by atoms with Gasteiger partial charge in [-0.15, -0.1) is 0 Å². The summed E-state index contributed by atoms with van der Waals surface area (Å²) in [7, 11) is 0. The summed E-state index contributed by atoms with van der Waals surface area (Å²) < 4.78 is 0. The molecule has 1 aromatic rings. The molecule has 2 fully saturated rings. The summed E-state index contributed by atoms with van der Waals surface area (Å²) in [6.07, 6.45) is 3.00. The fraction of sp³-hybridized carbons (Fsp3) is 0.467. The normalized spacial score (nSPS) is 28.7. The molecule has 2 saturated heterocycles. The molecule has 6 nitrogen and oxygen atoms in total. The Bertz CT molecular complexity index is 556. The summed E-state index contributed by atoms with van der Waals surface area (Å²) >= 11 is 0. The van der Waals surface area contributed by atoms with Gasteiger partial charge in [0.1, 0.15) is 0 Å². The van der Waals surface area contributed by atoms with Gasteiger partial charge in [-0.05, 0) is 37.8 Å². The molecule has 0 aromatic heterocycles. The first-order chi connectivity index (χ1) is 10.1. The number of carbonyl (C=O) groups excluding carboxylic acids is 1. The third-order valence-corrected chi connectivity index (χ3v) is 4.48. The number of amides is 1. The molecule has 3 rings (SSSR count). The number of carbonyl (C=O) groups is 1. The lowest BCUT2D eigenvalue weighted by atomic mass is 9.98. The first-order valence-electron chi connectivity index (χ1n) is 7.19. The van der Waals surface area contributed by atoms with E-state index in [1.54, 1.807) is 24.3 Å². The lowest BCUT2D eigenvalue weighted by molar-refractivity contribution is 0.0287. The number of amidine groups is 1. The number of benzene rings is 1. The van der Waals surface area contributed by atoms with Crippen molar-refractivity contribution in [3.63, 3.8) is 0 Å². The Morgan fingerprint density at radius 2 is 1.67 bits per heavy atom. The third kappa shape index (κ3) is 2.47. The number of rotatable bonds is 2. The highest BCUT2D eigenvalue weighted by Gasteiger charge is 2.42. The maximum absolute atomic E-state index is 12.7. The zero-order valence-corrected chi connectivity index (χ0v) is 11.6. The minimum atomic E-state index is -0.283. The average molecular weight is 289 g/mol. The number of hydrogen-bond acceptors (Lipinski definition) is 4. The van der Waals surface area contributed by atoms with Crippen molar-refractivity contribution >= 4 is 11.7 Å². The molecule has 2 heterocycles. The molecule has 2 bridgehead atoms. The van der Waals surface area contributed by atoms with Crippen molar-refractivity contribution in [2.45, 2.75) is 43.9 Å². The van der Waals surface area contributed by atoms with Crippen LogP contribution in [0.5, 0.6) is 0 Å². The van der Waals surface area contributed by atoms with E-state index in [2.05, 4.69) is 5.16 Å². The van der Waals surface area contributed by atoms with Crippen LogP contribution in [0.15, 0.2) is 29.4 Å². The molecule has 0 saturated carbocycles. The SMILES string of the molecule is NC(=NO)c1ccc(C(=O)N2C3CCC2CC(O)C3)cc1. The number of oxime groups is 1. The molecule has 0 spiro atoms. The van der Waals surface area contributed by atoms with Gasteiger partial charge >= 0.3 is 0 Å². The molecule has 0 radical (unpaired) electrons. The molecule has 2 unspecified atom stereocenters. The summed E-state index contributed by atoms with van der Waals surface area (Å²) in [5.74, 6) is 0.0237. The van der Waals surface area contributed by atoms with Gasteiger partial charge in [0, 0.05) is 23.2 Å². The summed E-state index contributed by atoms with van der Waals surface area (Å²) in [5.41, 5.74) is 6.68. The largest absolute Gasteiger partial charge is 0.409 e. The number of aliphatic hydroxyl groups excluding tert-OH is 1.